The fourth-order valence-electron chi connectivity index (χ4n) is 2.92. The number of fused-ring (bicyclic) bond motifs is 1. The Morgan fingerprint density at radius 2 is 2.04 bits per heavy atom. The van der Waals surface area contributed by atoms with Gasteiger partial charge in [0.05, 0.1) is 27.4 Å². The second kappa shape index (κ2) is 7.73. The van der Waals surface area contributed by atoms with Crippen molar-refractivity contribution in [2.45, 2.75) is 19.1 Å². The van der Waals surface area contributed by atoms with Gasteiger partial charge in [0.1, 0.15) is 6.10 Å². The van der Waals surface area contributed by atoms with Crippen molar-refractivity contribution < 1.29 is 4.74 Å². The molecule has 4 rings (SSSR count). The van der Waals surface area contributed by atoms with Crippen LogP contribution in [-0.2, 0) is 6.54 Å². The van der Waals surface area contributed by atoms with Gasteiger partial charge < -0.3 is 15.4 Å². The normalized spacial score (nSPS) is 16.8. The van der Waals surface area contributed by atoms with Crippen molar-refractivity contribution in [2.24, 2.45) is 0 Å². The van der Waals surface area contributed by atoms with Gasteiger partial charge in [-0.05, 0) is 46.6 Å². The van der Waals surface area contributed by atoms with Crippen molar-refractivity contribution in [3.05, 3.63) is 52.0 Å². The summed E-state index contributed by atoms with van der Waals surface area (Å²) >= 11 is 9.94. The minimum absolute atomic E-state index is 0.161. The highest BCUT2D eigenvalue weighted by molar-refractivity contribution is 9.10. The molecule has 1 aromatic carbocycles. The monoisotopic (exact) mass is 433 g/mol. The quantitative estimate of drug-likeness (QED) is 0.636. The molecule has 3 heterocycles. The summed E-state index contributed by atoms with van der Waals surface area (Å²) in [7, 11) is 0. The molecule has 8 heteroatoms. The maximum Gasteiger partial charge on any atom is 0.160 e. The summed E-state index contributed by atoms with van der Waals surface area (Å²) in [6, 6.07) is 3.78. The molecule has 0 spiro atoms. The molecule has 26 heavy (non-hydrogen) atoms. The van der Waals surface area contributed by atoms with Crippen molar-refractivity contribution in [3.8, 4) is 5.75 Å². The lowest BCUT2D eigenvalue weighted by Gasteiger charge is -2.18. The molecule has 2 aromatic heterocycles. The summed E-state index contributed by atoms with van der Waals surface area (Å²) in [5.74, 6) is 0.769. The Kier molecular flexibility index (Phi) is 5.19. The van der Waals surface area contributed by atoms with E-state index in [1.165, 1.54) is 0 Å². The number of hydrogen-bond donors (Lipinski definition) is 2. The summed E-state index contributed by atoms with van der Waals surface area (Å²) in [4.78, 5) is 12.9. The molecule has 3 aromatic rings. The molecule has 1 saturated heterocycles. The van der Waals surface area contributed by atoms with E-state index in [0.717, 1.165) is 52.0 Å². The molecule has 0 saturated carbocycles. The van der Waals surface area contributed by atoms with Gasteiger partial charge in [0.2, 0.25) is 0 Å². The van der Waals surface area contributed by atoms with Crippen LogP contribution in [0.15, 0.2) is 41.4 Å². The van der Waals surface area contributed by atoms with Gasteiger partial charge in [-0.1, -0.05) is 11.6 Å². The highest BCUT2D eigenvalue weighted by Crippen LogP contribution is 2.34. The number of hydrogen-bond acceptors (Lipinski definition) is 6. The molecule has 1 unspecified atom stereocenters. The highest BCUT2D eigenvalue weighted by Gasteiger charge is 2.19. The Balaban J connectivity index is 1.56. The number of pyridine rings is 1. The van der Waals surface area contributed by atoms with Crippen LogP contribution in [0.5, 0.6) is 5.75 Å². The van der Waals surface area contributed by atoms with E-state index in [-0.39, 0.29) is 6.10 Å². The van der Waals surface area contributed by atoms with E-state index >= 15 is 0 Å². The first kappa shape index (κ1) is 17.5. The van der Waals surface area contributed by atoms with Crippen molar-refractivity contribution in [3.63, 3.8) is 0 Å². The Morgan fingerprint density at radius 3 is 2.81 bits per heavy atom. The molecule has 0 aliphatic carbocycles. The van der Waals surface area contributed by atoms with Crippen LogP contribution in [0.1, 0.15) is 12.0 Å². The predicted molar refractivity (Wildman–Crippen MR) is 106 cm³/mol. The van der Waals surface area contributed by atoms with Crippen LogP contribution >= 0.6 is 27.5 Å². The second-order valence-corrected chi connectivity index (χ2v) is 7.33. The molecule has 0 amide bonds. The van der Waals surface area contributed by atoms with E-state index < -0.39 is 0 Å². The number of rotatable bonds is 5. The molecule has 0 bridgehead atoms. The molecular weight excluding hydrogens is 418 g/mol. The lowest BCUT2D eigenvalue weighted by molar-refractivity contribution is 0.222. The Bertz CT molecular complexity index is 933. The van der Waals surface area contributed by atoms with Gasteiger partial charge in [-0.25, -0.2) is 0 Å². The van der Waals surface area contributed by atoms with Gasteiger partial charge in [-0.15, -0.1) is 0 Å². The van der Waals surface area contributed by atoms with Crippen LogP contribution in [0.4, 0.5) is 5.69 Å². The topological polar surface area (TPSA) is 72.0 Å². The lowest BCUT2D eigenvalue weighted by atomic mass is 10.2. The lowest BCUT2D eigenvalue weighted by Crippen LogP contribution is -2.20. The zero-order valence-electron chi connectivity index (χ0n) is 13.9. The molecule has 2 N–H and O–H groups in total. The molecule has 134 valence electrons. The van der Waals surface area contributed by atoms with Crippen LogP contribution in [0, 0.1) is 0 Å². The first-order valence-corrected chi connectivity index (χ1v) is 9.51. The largest absolute Gasteiger partial charge is 0.486 e. The average molecular weight is 435 g/mol. The standard InChI is InChI=1S/C18H17BrClN5O/c19-13-9-22-10-17(18(13)26-12-1-2-21-8-12)25-7-11-5-15-16(6-14(11)20)24-4-3-23-15/h3-6,9-10,12,21,25H,1-2,7-8H2. The predicted octanol–water partition coefficient (Wildman–Crippen LogP) is 3.79. The first-order chi connectivity index (χ1) is 12.7. The first-order valence-electron chi connectivity index (χ1n) is 8.34. The Labute approximate surface area is 164 Å². The fourth-order valence-corrected chi connectivity index (χ4v) is 3.57. The molecule has 1 atom stereocenters. The molecular formula is C18H17BrClN5O. The van der Waals surface area contributed by atoms with Crippen molar-refractivity contribution in [2.75, 3.05) is 18.4 Å². The number of aromatic nitrogens is 3. The SMILES string of the molecule is Clc1cc2nccnc2cc1CNc1cncc(Br)c1OC1CCNC1. The third-order valence-corrected chi connectivity index (χ3v) is 5.18. The number of anilines is 1. The number of nitrogens with zero attached hydrogens (tertiary/aromatic N) is 3. The summed E-state index contributed by atoms with van der Waals surface area (Å²) in [6.07, 6.45) is 7.98. The van der Waals surface area contributed by atoms with Crippen LogP contribution < -0.4 is 15.4 Å². The fraction of sp³-hybridized carbons (Fsp3) is 0.278. The van der Waals surface area contributed by atoms with Crippen molar-refractivity contribution in [1.29, 1.82) is 0 Å². The van der Waals surface area contributed by atoms with Crippen LogP contribution in [0.2, 0.25) is 5.02 Å². The third-order valence-electron chi connectivity index (χ3n) is 4.26. The van der Waals surface area contributed by atoms with Crippen LogP contribution in [-0.4, -0.2) is 34.1 Å². The van der Waals surface area contributed by atoms with Gasteiger partial charge in [0, 0.05) is 36.7 Å². The third kappa shape index (κ3) is 3.75. The summed E-state index contributed by atoms with van der Waals surface area (Å²) in [5, 5.41) is 7.34. The van der Waals surface area contributed by atoms with Crippen molar-refractivity contribution >= 4 is 44.3 Å². The van der Waals surface area contributed by atoms with E-state index in [1.807, 2.05) is 12.1 Å². The van der Waals surface area contributed by atoms with E-state index in [0.29, 0.717) is 11.6 Å². The maximum absolute atomic E-state index is 6.41. The minimum atomic E-state index is 0.161. The van der Waals surface area contributed by atoms with Gasteiger partial charge in [0.15, 0.2) is 5.75 Å². The molecule has 1 fully saturated rings. The molecule has 0 radical (unpaired) electrons. The van der Waals surface area contributed by atoms with Crippen LogP contribution in [0.25, 0.3) is 11.0 Å². The Morgan fingerprint density at radius 1 is 1.23 bits per heavy atom. The van der Waals surface area contributed by atoms with E-state index in [1.54, 1.807) is 24.8 Å². The summed E-state index contributed by atoms with van der Waals surface area (Å²) in [5.41, 5.74) is 3.35. The Hall–Kier alpha value is -1.96. The number of benzene rings is 1. The van der Waals surface area contributed by atoms with Gasteiger partial charge in [-0.3, -0.25) is 15.0 Å². The average Bonchev–Trinajstić information content (AvgIpc) is 3.15. The number of halogens is 2. The van der Waals surface area contributed by atoms with Crippen molar-refractivity contribution in [1.82, 2.24) is 20.3 Å². The van der Waals surface area contributed by atoms with E-state index in [4.69, 9.17) is 16.3 Å². The summed E-state index contributed by atoms with van der Waals surface area (Å²) in [6.45, 7) is 2.36. The van der Waals surface area contributed by atoms with Gasteiger partial charge >= 0.3 is 0 Å². The maximum atomic E-state index is 6.41. The zero-order chi connectivity index (χ0) is 17.9. The highest BCUT2D eigenvalue weighted by atomic mass is 79.9. The summed E-state index contributed by atoms with van der Waals surface area (Å²) < 4.78 is 6.98. The molecule has 6 nitrogen and oxygen atoms in total. The number of nitrogens with one attached hydrogen (secondary N) is 2. The number of ether oxygens (including phenoxy) is 1. The molecule has 1 aliphatic heterocycles. The zero-order valence-corrected chi connectivity index (χ0v) is 16.2. The second-order valence-electron chi connectivity index (χ2n) is 6.07. The minimum Gasteiger partial charge on any atom is -0.486 e. The smallest absolute Gasteiger partial charge is 0.160 e. The van der Waals surface area contributed by atoms with Gasteiger partial charge in [0.25, 0.3) is 0 Å². The van der Waals surface area contributed by atoms with E-state index in [9.17, 15) is 0 Å². The van der Waals surface area contributed by atoms with E-state index in [2.05, 4.69) is 41.5 Å². The van der Waals surface area contributed by atoms with Gasteiger partial charge in [-0.2, -0.15) is 0 Å². The van der Waals surface area contributed by atoms with Crippen LogP contribution in [0.3, 0.4) is 0 Å². The molecule has 1 aliphatic rings.